The van der Waals surface area contributed by atoms with Crippen molar-refractivity contribution in [1.82, 2.24) is 0 Å². The van der Waals surface area contributed by atoms with E-state index in [0.29, 0.717) is 0 Å². The van der Waals surface area contributed by atoms with Crippen molar-refractivity contribution in [1.29, 1.82) is 0 Å². The molecule has 1 aromatic rings. The van der Waals surface area contributed by atoms with Crippen molar-refractivity contribution in [3.63, 3.8) is 0 Å². The average molecular weight is 363 g/mol. The molecule has 0 aliphatic heterocycles. The zero-order valence-corrected chi connectivity index (χ0v) is 10.9. The molecule has 1 rings (SSSR count). The summed E-state index contributed by atoms with van der Waals surface area (Å²) in [5, 5.41) is 0. The number of carbonyl (C=O) groups is 1. The van der Waals surface area contributed by atoms with Gasteiger partial charge in [0.05, 0.1) is 5.56 Å². The number of Topliss-reactive ketones (excluding diaryl/α,β-unsaturated/α-hetero) is 1. The highest BCUT2D eigenvalue weighted by atomic mass is 127. The molecule has 0 spiro atoms. The molecule has 0 aliphatic rings. The van der Waals surface area contributed by atoms with Gasteiger partial charge in [0.25, 0.3) is 0 Å². The molecular formula is C10H7ClF3IO. The largest absolute Gasteiger partial charge is 0.418 e. The SMILES string of the molecule is O=C(CCCl)c1cccc(I)c1C(F)(F)F. The van der Waals surface area contributed by atoms with Crippen LogP contribution >= 0.6 is 34.2 Å². The molecule has 16 heavy (non-hydrogen) atoms. The van der Waals surface area contributed by atoms with Gasteiger partial charge in [-0.15, -0.1) is 11.6 Å². The van der Waals surface area contributed by atoms with E-state index in [4.69, 9.17) is 11.6 Å². The highest BCUT2D eigenvalue weighted by Crippen LogP contribution is 2.35. The van der Waals surface area contributed by atoms with E-state index in [1.807, 2.05) is 0 Å². The third kappa shape index (κ3) is 3.10. The molecule has 0 heterocycles. The molecule has 6 heteroatoms. The van der Waals surface area contributed by atoms with Crippen LogP contribution in [0.15, 0.2) is 18.2 Å². The van der Waals surface area contributed by atoms with Crippen molar-refractivity contribution < 1.29 is 18.0 Å². The third-order valence-corrected chi connectivity index (χ3v) is 3.01. The molecule has 1 aromatic carbocycles. The van der Waals surface area contributed by atoms with Gasteiger partial charge in [-0.2, -0.15) is 13.2 Å². The lowest BCUT2D eigenvalue weighted by molar-refractivity contribution is -0.138. The summed E-state index contributed by atoms with van der Waals surface area (Å²) in [6.07, 6.45) is -4.61. The molecular weight excluding hydrogens is 355 g/mol. The maximum atomic E-state index is 12.7. The lowest BCUT2D eigenvalue weighted by Crippen LogP contribution is -2.15. The second-order valence-corrected chi connectivity index (χ2v) is 4.56. The molecule has 88 valence electrons. The smallest absolute Gasteiger partial charge is 0.294 e. The van der Waals surface area contributed by atoms with Crippen LogP contribution < -0.4 is 0 Å². The molecule has 0 aliphatic carbocycles. The zero-order chi connectivity index (χ0) is 12.3. The van der Waals surface area contributed by atoms with Crippen molar-refractivity contribution >= 4 is 40.0 Å². The molecule has 0 aromatic heterocycles. The van der Waals surface area contributed by atoms with Crippen molar-refractivity contribution in [2.75, 3.05) is 5.88 Å². The zero-order valence-electron chi connectivity index (χ0n) is 7.94. The fourth-order valence-electron chi connectivity index (χ4n) is 1.27. The first-order chi connectivity index (χ1) is 7.38. The highest BCUT2D eigenvalue weighted by Gasteiger charge is 2.36. The van der Waals surface area contributed by atoms with E-state index in [1.165, 1.54) is 18.2 Å². The van der Waals surface area contributed by atoms with Crippen LogP contribution in [-0.2, 0) is 6.18 Å². The minimum atomic E-state index is -4.52. The molecule has 0 radical (unpaired) electrons. The predicted molar refractivity (Wildman–Crippen MR) is 63.8 cm³/mol. The second-order valence-electron chi connectivity index (χ2n) is 3.02. The Morgan fingerprint density at radius 1 is 1.38 bits per heavy atom. The van der Waals surface area contributed by atoms with E-state index in [2.05, 4.69) is 0 Å². The standard InChI is InChI=1S/C10H7ClF3IO/c11-5-4-8(16)6-2-1-3-7(15)9(6)10(12,13)14/h1-3H,4-5H2. The summed E-state index contributed by atoms with van der Waals surface area (Å²) in [4.78, 5) is 11.5. The number of rotatable bonds is 3. The Bertz CT molecular complexity index is 404. The third-order valence-electron chi connectivity index (χ3n) is 1.92. The van der Waals surface area contributed by atoms with Gasteiger partial charge in [-0.05, 0) is 28.7 Å². The second kappa shape index (κ2) is 5.35. The van der Waals surface area contributed by atoms with E-state index in [-0.39, 0.29) is 21.4 Å². The molecule has 0 N–H and O–H groups in total. The molecule has 0 saturated heterocycles. The summed E-state index contributed by atoms with van der Waals surface area (Å²) in [6.45, 7) is 0. The molecule has 0 fully saturated rings. The number of carbonyl (C=O) groups excluding carboxylic acids is 1. The highest BCUT2D eigenvalue weighted by molar-refractivity contribution is 14.1. The van der Waals surface area contributed by atoms with Crippen LogP contribution in [0.3, 0.4) is 0 Å². The van der Waals surface area contributed by atoms with Gasteiger partial charge in [0.1, 0.15) is 0 Å². The quantitative estimate of drug-likeness (QED) is 0.449. The number of hydrogen-bond acceptors (Lipinski definition) is 1. The van der Waals surface area contributed by atoms with E-state index in [1.54, 1.807) is 22.6 Å². The summed E-state index contributed by atoms with van der Waals surface area (Å²) in [5.41, 5.74) is -1.18. The monoisotopic (exact) mass is 362 g/mol. The van der Waals surface area contributed by atoms with Crippen LogP contribution in [0.2, 0.25) is 0 Å². The number of alkyl halides is 4. The Kier molecular flexibility index (Phi) is 4.61. The normalized spacial score (nSPS) is 11.6. The topological polar surface area (TPSA) is 17.1 Å². The van der Waals surface area contributed by atoms with Gasteiger partial charge in [0.15, 0.2) is 5.78 Å². The first-order valence-electron chi connectivity index (χ1n) is 4.32. The Morgan fingerprint density at radius 2 is 2.00 bits per heavy atom. The van der Waals surface area contributed by atoms with Crippen molar-refractivity contribution in [2.24, 2.45) is 0 Å². The van der Waals surface area contributed by atoms with E-state index >= 15 is 0 Å². The number of ketones is 1. The van der Waals surface area contributed by atoms with Crippen LogP contribution in [0.4, 0.5) is 13.2 Å². The number of hydrogen-bond donors (Lipinski definition) is 0. The van der Waals surface area contributed by atoms with Crippen LogP contribution in [0.25, 0.3) is 0 Å². The van der Waals surface area contributed by atoms with Gasteiger partial charge in [0.2, 0.25) is 0 Å². The first-order valence-corrected chi connectivity index (χ1v) is 5.94. The van der Waals surface area contributed by atoms with E-state index in [9.17, 15) is 18.0 Å². The summed E-state index contributed by atoms with van der Waals surface area (Å²) in [5.74, 6) is -0.567. The Morgan fingerprint density at radius 3 is 2.50 bits per heavy atom. The van der Waals surface area contributed by atoms with Gasteiger partial charge in [-0.3, -0.25) is 4.79 Å². The maximum absolute atomic E-state index is 12.7. The lowest BCUT2D eigenvalue weighted by atomic mass is 10.0. The predicted octanol–water partition coefficient (Wildman–Crippen LogP) is 4.12. The van der Waals surface area contributed by atoms with Crippen molar-refractivity contribution in [2.45, 2.75) is 12.6 Å². The summed E-state index contributed by atoms with van der Waals surface area (Å²) in [7, 11) is 0. The molecule has 0 bridgehead atoms. The fourth-order valence-corrected chi connectivity index (χ4v) is 2.24. The van der Waals surface area contributed by atoms with E-state index in [0.717, 1.165) is 0 Å². The van der Waals surface area contributed by atoms with Crippen LogP contribution in [0.5, 0.6) is 0 Å². The van der Waals surface area contributed by atoms with E-state index < -0.39 is 17.5 Å². The number of benzene rings is 1. The van der Waals surface area contributed by atoms with Gasteiger partial charge in [0, 0.05) is 21.4 Å². The summed E-state index contributed by atoms with van der Waals surface area (Å²) < 4.78 is 38.2. The van der Waals surface area contributed by atoms with Gasteiger partial charge in [-0.25, -0.2) is 0 Å². The molecule has 0 atom stereocenters. The van der Waals surface area contributed by atoms with Gasteiger partial charge < -0.3 is 0 Å². The fraction of sp³-hybridized carbons (Fsp3) is 0.300. The molecule has 0 unspecified atom stereocenters. The summed E-state index contributed by atoms with van der Waals surface area (Å²) in [6, 6.07) is 3.93. The van der Waals surface area contributed by atoms with Crippen LogP contribution in [0.1, 0.15) is 22.3 Å². The van der Waals surface area contributed by atoms with Crippen LogP contribution in [0, 0.1) is 3.57 Å². The lowest BCUT2D eigenvalue weighted by Gasteiger charge is -2.13. The van der Waals surface area contributed by atoms with Gasteiger partial charge in [-0.1, -0.05) is 12.1 Å². The maximum Gasteiger partial charge on any atom is 0.418 e. The van der Waals surface area contributed by atoms with Crippen LogP contribution in [-0.4, -0.2) is 11.7 Å². The van der Waals surface area contributed by atoms with Crippen molar-refractivity contribution in [3.8, 4) is 0 Å². The Hall–Kier alpha value is -0.300. The van der Waals surface area contributed by atoms with Crippen molar-refractivity contribution in [3.05, 3.63) is 32.9 Å². The Labute approximate surface area is 109 Å². The Balaban J connectivity index is 3.29. The summed E-state index contributed by atoms with van der Waals surface area (Å²) >= 11 is 6.92. The first kappa shape index (κ1) is 13.8. The molecule has 1 nitrogen and oxygen atoms in total. The minimum Gasteiger partial charge on any atom is -0.294 e. The minimum absolute atomic E-state index is 0.0155. The molecule has 0 amide bonds. The molecule has 0 saturated carbocycles. The average Bonchev–Trinajstić information content (AvgIpc) is 2.15. The number of halogens is 5. The van der Waals surface area contributed by atoms with Gasteiger partial charge >= 0.3 is 6.18 Å².